The molecule has 7 heteroatoms. The average molecular weight is 414 g/mol. The number of fused-ring (bicyclic) bond motifs is 1. The summed E-state index contributed by atoms with van der Waals surface area (Å²) in [6.07, 6.45) is 0. The Labute approximate surface area is 171 Å². The molecule has 0 atom stereocenters. The number of aromatic amines is 1. The van der Waals surface area contributed by atoms with Crippen LogP contribution in [-0.2, 0) is 13.1 Å². The lowest BCUT2D eigenvalue weighted by Crippen LogP contribution is -2.21. The highest BCUT2D eigenvalue weighted by atomic mass is 35.5. The molecule has 2 heterocycles. The van der Waals surface area contributed by atoms with Gasteiger partial charge in [0.05, 0.1) is 24.0 Å². The Hall–Kier alpha value is -2.60. The number of benzene rings is 2. The van der Waals surface area contributed by atoms with Gasteiger partial charge < -0.3 is 9.40 Å². The molecule has 0 unspecified atom stereocenters. The number of hydrogen-bond donors (Lipinski definition) is 1. The van der Waals surface area contributed by atoms with Crippen LogP contribution in [0.1, 0.15) is 11.6 Å². The molecule has 4 aromatic rings. The van der Waals surface area contributed by atoms with Gasteiger partial charge in [0.25, 0.3) is 5.56 Å². The van der Waals surface area contributed by atoms with Crippen molar-refractivity contribution in [3.8, 4) is 11.3 Å². The molecule has 4 rings (SSSR count). The van der Waals surface area contributed by atoms with Gasteiger partial charge >= 0.3 is 0 Å². The first-order valence-corrected chi connectivity index (χ1v) is 9.45. The third-order valence-electron chi connectivity index (χ3n) is 4.35. The molecule has 2 aromatic heterocycles. The van der Waals surface area contributed by atoms with Crippen LogP contribution in [-0.4, -0.2) is 21.9 Å². The number of hydrogen-bond acceptors (Lipinski definition) is 4. The normalized spacial score (nSPS) is 11.4. The average Bonchev–Trinajstić information content (AvgIpc) is 3.10. The van der Waals surface area contributed by atoms with Crippen LogP contribution >= 0.6 is 23.2 Å². The van der Waals surface area contributed by atoms with Crippen molar-refractivity contribution in [1.29, 1.82) is 0 Å². The Morgan fingerprint density at radius 2 is 1.75 bits per heavy atom. The van der Waals surface area contributed by atoms with Crippen LogP contribution in [0.3, 0.4) is 0 Å². The van der Waals surface area contributed by atoms with Crippen LogP contribution in [0.5, 0.6) is 0 Å². The van der Waals surface area contributed by atoms with E-state index in [1.54, 1.807) is 18.2 Å². The summed E-state index contributed by atoms with van der Waals surface area (Å²) in [5, 5.41) is 1.76. The Morgan fingerprint density at radius 3 is 2.54 bits per heavy atom. The zero-order valence-corrected chi connectivity index (χ0v) is 16.6. The highest BCUT2D eigenvalue weighted by molar-refractivity contribution is 6.31. The SMILES string of the molecule is CN(Cc1nc2cc(Cl)ccc2c(=O)[nH]1)Cc1ccc(-c2ccc(Cl)cc2)o1. The van der Waals surface area contributed by atoms with Crippen LogP contribution in [0, 0.1) is 0 Å². The van der Waals surface area contributed by atoms with Gasteiger partial charge in [0, 0.05) is 15.6 Å². The second-order valence-corrected chi connectivity index (χ2v) is 7.49. The summed E-state index contributed by atoms with van der Waals surface area (Å²) in [6, 6.07) is 16.4. The minimum Gasteiger partial charge on any atom is -0.460 e. The molecular weight excluding hydrogens is 397 g/mol. The number of nitrogens with one attached hydrogen (secondary N) is 1. The van der Waals surface area contributed by atoms with E-state index in [1.807, 2.05) is 48.3 Å². The molecule has 2 aromatic carbocycles. The second-order valence-electron chi connectivity index (χ2n) is 6.62. The van der Waals surface area contributed by atoms with Crippen molar-refractivity contribution in [3.63, 3.8) is 0 Å². The maximum absolute atomic E-state index is 12.2. The summed E-state index contributed by atoms with van der Waals surface area (Å²) in [4.78, 5) is 21.6. The first-order valence-electron chi connectivity index (χ1n) is 8.69. The fourth-order valence-electron chi connectivity index (χ4n) is 3.05. The zero-order chi connectivity index (χ0) is 19.7. The van der Waals surface area contributed by atoms with E-state index in [1.165, 1.54) is 0 Å². The van der Waals surface area contributed by atoms with Crippen molar-refractivity contribution in [2.45, 2.75) is 13.1 Å². The molecule has 0 amide bonds. The predicted molar refractivity (Wildman–Crippen MR) is 112 cm³/mol. The molecule has 0 aliphatic carbocycles. The second kappa shape index (κ2) is 7.80. The van der Waals surface area contributed by atoms with E-state index in [0.29, 0.717) is 39.9 Å². The zero-order valence-electron chi connectivity index (χ0n) is 15.1. The van der Waals surface area contributed by atoms with E-state index in [4.69, 9.17) is 27.6 Å². The summed E-state index contributed by atoms with van der Waals surface area (Å²) in [6.45, 7) is 1.04. The van der Waals surface area contributed by atoms with Gasteiger partial charge in [-0.05, 0) is 61.6 Å². The third-order valence-corrected chi connectivity index (χ3v) is 4.84. The molecule has 0 radical (unpaired) electrons. The molecule has 0 aliphatic heterocycles. The maximum atomic E-state index is 12.2. The highest BCUT2D eigenvalue weighted by Crippen LogP contribution is 2.24. The molecule has 142 valence electrons. The first kappa shape index (κ1) is 18.7. The number of furan rings is 1. The van der Waals surface area contributed by atoms with Crippen LogP contribution in [0.2, 0.25) is 10.0 Å². The smallest absolute Gasteiger partial charge is 0.258 e. The van der Waals surface area contributed by atoms with Gasteiger partial charge in [-0.2, -0.15) is 0 Å². The molecule has 0 spiro atoms. The van der Waals surface area contributed by atoms with Crippen LogP contribution < -0.4 is 5.56 Å². The van der Waals surface area contributed by atoms with Crippen molar-refractivity contribution in [1.82, 2.24) is 14.9 Å². The summed E-state index contributed by atoms with van der Waals surface area (Å²) in [5.74, 6) is 2.18. The Bertz CT molecular complexity index is 1180. The fourth-order valence-corrected chi connectivity index (χ4v) is 3.34. The minimum atomic E-state index is -0.173. The highest BCUT2D eigenvalue weighted by Gasteiger charge is 2.10. The van der Waals surface area contributed by atoms with Crippen molar-refractivity contribution in [3.05, 3.63) is 86.6 Å². The fraction of sp³-hybridized carbons (Fsp3) is 0.143. The number of halogens is 2. The first-order chi connectivity index (χ1) is 13.5. The lowest BCUT2D eigenvalue weighted by molar-refractivity contribution is 0.283. The Morgan fingerprint density at radius 1 is 1.00 bits per heavy atom. The monoisotopic (exact) mass is 413 g/mol. The lowest BCUT2D eigenvalue weighted by Gasteiger charge is -2.14. The number of aromatic nitrogens is 2. The van der Waals surface area contributed by atoms with Crippen LogP contribution in [0.4, 0.5) is 0 Å². The molecule has 0 saturated heterocycles. The lowest BCUT2D eigenvalue weighted by atomic mass is 10.2. The van der Waals surface area contributed by atoms with Crippen molar-refractivity contribution in [2.24, 2.45) is 0 Å². The molecule has 1 N–H and O–H groups in total. The topological polar surface area (TPSA) is 62.1 Å². The number of rotatable bonds is 5. The van der Waals surface area contributed by atoms with Crippen LogP contribution in [0.15, 0.2) is 63.8 Å². The molecule has 0 bridgehead atoms. The summed E-state index contributed by atoms with van der Waals surface area (Å²) in [5.41, 5.74) is 1.38. The van der Waals surface area contributed by atoms with Gasteiger partial charge in [-0.3, -0.25) is 9.69 Å². The van der Waals surface area contributed by atoms with E-state index in [0.717, 1.165) is 17.1 Å². The van der Waals surface area contributed by atoms with E-state index in [-0.39, 0.29) is 5.56 Å². The van der Waals surface area contributed by atoms with Crippen molar-refractivity contribution < 1.29 is 4.42 Å². The van der Waals surface area contributed by atoms with Gasteiger partial charge in [-0.1, -0.05) is 23.2 Å². The van der Waals surface area contributed by atoms with Gasteiger partial charge in [-0.25, -0.2) is 4.98 Å². The predicted octanol–water partition coefficient (Wildman–Crippen LogP) is 5.12. The van der Waals surface area contributed by atoms with Gasteiger partial charge in [0.2, 0.25) is 0 Å². The summed E-state index contributed by atoms with van der Waals surface area (Å²) >= 11 is 11.9. The van der Waals surface area contributed by atoms with Gasteiger partial charge in [-0.15, -0.1) is 0 Å². The number of nitrogens with zero attached hydrogens (tertiary/aromatic N) is 2. The maximum Gasteiger partial charge on any atom is 0.258 e. The van der Waals surface area contributed by atoms with Gasteiger partial charge in [0.1, 0.15) is 17.3 Å². The third kappa shape index (κ3) is 4.12. The summed E-state index contributed by atoms with van der Waals surface area (Å²) in [7, 11) is 1.94. The standard InChI is InChI=1S/C21H17Cl2N3O2/c1-26(11-16-7-9-19(28-16)13-2-4-14(22)5-3-13)12-20-24-18-10-15(23)6-8-17(18)21(27)25-20/h2-10H,11-12H2,1H3,(H,24,25,27). The Kier molecular flexibility index (Phi) is 5.22. The Balaban J connectivity index is 1.49. The quantitative estimate of drug-likeness (QED) is 0.492. The van der Waals surface area contributed by atoms with E-state index >= 15 is 0 Å². The largest absolute Gasteiger partial charge is 0.460 e. The van der Waals surface area contributed by atoms with E-state index in [2.05, 4.69) is 9.97 Å². The van der Waals surface area contributed by atoms with Crippen molar-refractivity contribution >= 4 is 34.1 Å². The van der Waals surface area contributed by atoms with Gasteiger partial charge in [0.15, 0.2) is 0 Å². The molecule has 0 saturated carbocycles. The van der Waals surface area contributed by atoms with E-state index in [9.17, 15) is 4.79 Å². The minimum absolute atomic E-state index is 0.173. The molecule has 5 nitrogen and oxygen atoms in total. The molecular formula is C21H17Cl2N3O2. The van der Waals surface area contributed by atoms with Crippen molar-refractivity contribution in [2.75, 3.05) is 7.05 Å². The van der Waals surface area contributed by atoms with E-state index < -0.39 is 0 Å². The molecule has 0 aliphatic rings. The molecule has 0 fully saturated rings. The van der Waals surface area contributed by atoms with Crippen LogP contribution in [0.25, 0.3) is 22.2 Å². The number of H-pyrrole nitrogens is 1. The summed E-state index contributed by atoms with van der Waals surface area (Å²) < 4.78 is 5.93. The molecule has 28 heavy (non-hydrogen) atoms.